The first-order valence-corrected chi connectivity index (χ1v) is 4.67. The van der Waals surface area contributed by atoms with Gasteiger partial charge >= 0.3 is 0 Å². The summed E-state index contributed by atoms with van der Waals surface area (Å²) in [6, 6.07) is 0. The normalized spacial score (nSPS) is 19.8. The third-order valence-corrected chi connectivity index (χ3v) is 2.59. The van der Waals surface area contributed by atoms with Gasteiger partial charge in [-0.05, 0) is 6.42 Å². The van der Waals surface area contributed by atoms with E-state index in [1.807, 2.05) is 0 Å². The van der Waals surface area contributed by atoms with E-state index in [4.69, 9.17) is 10.5 Å². The molecule has 0 spiro atoms. The highest BCUT2D eigenvalue weighted by Gasteiger charge is 2.39. The summed E-state index contributed by atoms with van der Waals surface area (Å²) >= 11 is 0. The zero-order chi connectivity index (χ0) is 9.90. The molecule has 1 aliphatic heterocycles. The molecule has 13 heavy (non-hydrogen) atoms. The second kappa shape index (κ2) is 4.07. The smallest absolute Gasteiger partial charge is 0.225 e. The summed E-state index contributed by atoms with van der Waals surface area (Å²) in [7, 11) is 1.60. The Balaban J connectivity index is 2.23. The van der Waals surface area contributed by atoms with Gasteiger partial charge in [0.2, 0.25) is 5.91 Å². The predicted octanol–water partition coefficient (Wildman–Crippen LogP) is -0.0274. The van der Waals surface area contributed by atoms with E-state index in [1.54, 1.807) is 12.0 Å². The van der Waals surface area contributed by atoms with Crippen LogP contribution in [0.2, 0.25) is 0 Å². The van der Waals surface area contributed by atoms with Crippen LogP contribution < -0.4 is 5.73 Å². The van der Waals surface area contributed by atoms with Crippen molar-refractivity contribution in [2.45, 2.75) is 25.3 Å². The fourth-order valence-corrected chi connectivity index (χ4v) is 1.46. The Bertz CT molecular complexity index is 188. The fourth-order valence-electron chi connectivity index (χ4n) is 1.46. The fraction of sp³-hybridized carbons (Fsp3) is 0.889. The van der Waals surface area contributed by atoms with Crippen molar-refractivity contribution < 1.29 is 9.53 Å². The molecule has 0 unspecified atom stereocenters. The lowest BCUT2D eigenvalue weighted by atomic mass is 9.88. The van der Waals surface area contributed by atoms with Crippen molar-refractivity contribution in [1.82, 2.24) is 4.90 Å². The summed E-state index contributed by atoms with van der Waals surface area (Å²) in [5.41, 5.74) is 5.81. The van der Waals surface area contributed by atoms with Gasteiger partial charge in [-0.15, -0.1) is 0 Å². The van der Waals surface area contributed by atoms with Crippen LogP contribution in [0, 0.1) is 0 Å². The predicted molar refractivity (Wildman–Crippen MR) is 50.3 cm³/mol. The largest absolute Gasteiger partial charge is 0.384 e. The van der Waals surface area contributed by atoms with Gasteiger partial charge in [0, 0.05) is 20.2 Å². The van der Waals surface area contributed by atoms with Crippen molar-refractivity contribution in [3.8, 4) is 0 Å². The minimum atomic E-state index is -0.122. The minimum Gasteiger partial charge on any atom is -0.384 e. The average Bonchev–Trinajstić information content (AvgIpc) is 2.09. The van der Waals surface area contributed by atoms with E-state index >= 15 is 0 Å². The molecule has 0 atom stereocenters. The van der Waals surface area contributed by atoms with Gasteiger partial charge in [-0.2, -0.15) is 0 Å². The first-order valence-electron chi connectivity index (χ1n) is 4.67. The lowest BCUT2D eigenvalue weighted by molar-refractivity contribution is -0.139. The molecule has 0 radical (unpaired) electrons. The molecule has 0 aromatic rings. The SMILES string of the molecule is CCC1(N)CN(C(=O)CCOC)C1. The number of hydrogen-bond acceptors (Lipinski definition) is 3. The Morgan fingerprint density at radius 3 is 2.69 bits per heavy atom. The summed E-state index contributed by atoms with van der Waals surface area (Å²) < 4.78 is 4.83. The Hall–Kier alpha value is -0.610. The van der Waals surface area contributed by atoms with Crippen molar-refractivity contribution >= 4 is 5.91 Å². The van der Waals surface area contributed by atoms with Crippen LogP contribution in [0.3, 0.4) is 0 Å². The molecule has 1 fully saturated rings. The summed E-state index contributed by atoms with van der Waals surface area (Å²) in [5.74, 6) is 0.149. The van der Waals surface area contributed by atoms with E-state index < -0.39 is 0 Å². The van der Waals surface area contributed by atoms with Crippen molar-refractivity contribution in [3.63, 3.8) is 0 Å². The quantitative estimate of drug-likeness (QED) is 0.671. The van der Waals surface area contributed by atoms with E-state index in [1.165, 1.54) is 0 Å². The minimum absolute atomic E-state index is 0.122. The van der Waals surface area contributed by atoms with Crippen LogP contribution in [0.1, 0.15) is 19.8 Å². The van der Waals surface area contributed by atoms with E-state index in [9.17, 15) is 4.79 Å². The van der Waals surface area contributed by atoms with Crippen molar-refractivity contribution in [1.29, 1.82) is 0 Å². The topological polar surface area (TPSA) is 55.6 Å². The molecule has 76 valence electrons. The maximum absolute atomic E-state index is 11.4. The molecule has 4 nitrogen and oxygen atoms in total. The highest BCUT2D eigenvalue weighted by molar-refractivity contribution is 5.77. The molecule has 2 N–H and O–H groups in total. The molecule has 1 saturated heterocycles. The van der Waals surface area contributed by atoms with Crippen molar-refractivity contribution in [2.75, 3.05) is 26.8 Å². The monoisotopic (exact) mass is 186 g/mol. The molecule has 1 heterocycles. The highest BCUT2D eigenvalue weighted by atomic mass is 16.5. The maximum Gasteiger partial charge on any atom is 0.225 e. The lowest BCUT2D eigenvalue weighted by Gasteiger charge is -2.47. The summed E-state index contributed by atoms with van der Waals surface area (Å²) in [4.78, 5) is 13.2. The van der Waals surface area contributed by atoms with E-state index in [2.05, 4.69) is 6.92 Å². The van der Waals surface area contributed by atoms with Crippen LogP contribution >= 0.6 is 0 Å². The lowest BCUT2D eigenvalue weighted by Crippen LogP contribution is -2.68. The molecule has 0 aromatic heterocycles. The Morgan fingerprint density at radius 1 is 1.62 bits per heavy atom. The molecule has 1 aliphatic rings. The Labute approximate surface area is 79.0 Å². The first kappa shape index (κ1) is 10.5. The second-order valence-electron chi connectivity index (χ2n) is 3.71. The molecule has 4 heteroatoms. The zero-order valence-corrected chi connectivity index (χ0v) is 8.38. The number of likely N-dealkylation sites (tertiary alicyclic amines) is 1. The number of amides is 1. The number of rotatable bonds is 4. The van der Waals surface area contributed by atoms with Gasteiger partial charge in [0.05, 0.1) is 18.6 Å². The number of ether oxygens (including phenoxy) is 1. The molecule has 0 aliphatic carbocycles. The average molecular weight is 186 g/mol. The van der Waals surface area contributed by atoms with Crippen LogP contribution in [0.15, 0.2) is 0 Å². The third kappa shape index (κ3) is 2.42. The molecule has 0 aromatic carbocycles. The molecule has 0 saturated carbocycles. The van der Waals surface area contributed by atoms with Gasteiger partial charge in [0.25, 0.3) is 0 Å². The summed E-state index contributed by atoms with van der Waals surface area (Å²) in [6.45, 7) is 3.95. The molecule has 0 bridgehead atoms. The molecular weight excluding hydrogens is 168 g/mol. The number of methoxy groups -OCH3 is 1. The summed E-state index contributed by atoms with van der Waals surface area (Å²) in [6.07, 6.45) is 1.40. The first-order chi connectivity index (χ1) is 6.11. The van der Waals surface area contributed by atoms with Crippen LogP contribution in [-0.4, -0.2) is 43.2 Å². The van der Waals surface area contributed by atoms with E-state index in [0.29, 0.717) is 26.1 Å². The van der Waals surface area contributed by atoms with E-state index in [0.717, 1.165) is 6.42 Å². The third-order valence-electron chi connectivity index (χ3n) is 2.59. The number of hydrogen-bond donors (Lipinski definition) is 1. The Morgan fingerprint density at radius 2 is 2.23 bits per heavy atom. The van der Waals surface area contributed by atoms with Crippen LogP contribution in [0.5, 0.6) is 0 Å². The van der Waals surface area contributed by atoms with Gasteiger partial charge in [-0.3, -0.25) is 4.79 Å². The number of nitrogens with zero attached hydrogens (tertiary/aromatic N) is 1. The number of carbonyl (C=O) groups is 1. The van der Waals surface area contributed by atoms with Gasteiger partial charge in [0.15, 0.2) is 0 Å². The molecule has 1 rings (SSSR count). The second-order valence-corrected chi connectivity index (χ2v) is 3.71. The zero-order valence-electron chi connectivity index (χ0n) is 8.38. The van der Waals surface area contributed by atoms with Crippen molar-refractivity contribution in [3.05, 3.63) is 0 Å². The number of carbonyl (C=O) groups excluding carboxylic acids is 1. The van der Waals surface area contributed by atoms with Crippen molar-refractivity contribution in [2.24, 2.45) is 5.73 Å². The highest BCUT2D eigenvalue weighted by Crippen LogP contribution is 2.21. The van der Waals surface area contributed by atoms with Crippen LogP contribution in [-0.2, 0) is 9.53 Å². The number of nitrogens with two attached hydrogens (primary N) is 1. The standard InChI is InChI=1S/C9H18N2O2/c1-3-9(10)6-11(7-9)8(12)4-5-13-2/h3-7,10H2,1-2H3. The molecular formula is C9H18N2O2. The van der Waals surface area contributed by atoms with Gasteiger partial charge in [-0.25, -0.2) is 0 Å². The maximum atomic E-state index is 11.4. The molecule has 1 amide bonds. The van der Waals surface area contributed by atoms with Crippen LogP contribution in [0.25, 0.3) is 0 Å². The van der Waals surface area contributed by atoms with Gasteiger partial charge in [0.1, 0.15) is 0 Å². The van der Waals surface area contributed by atoms with Gasteiger partial charge in [-0.1, -0.05) is 6.92 Å². The Kier molecular flexibility index (Phi) is 3.27. The van der Waals surface area contributed by atoms with Crippen LogP contribution in [0.4, 0.5) is 0 Å². The van der Waals surface area contributed by atoms with E-state index in [-0.39, 0.29) is 11.4 Å². The summed E-state index contributed by atoms with van der Waals surface area (Å²) in [5, 5.41) is 0. The van der Waals surface area contributed by atoms with Gasteiger partial charge < -0.3 is 15.4 Å².